The zero-order chi connectivity index (χ0) is 14.1. The van der Waals surface area contributed by atoms with Gasteiger partial charge in [0.2, 0.25) is 0 Å². The van der Waals surface area contributed by atoms with Crippen LogP contribution in [0, 0.1) is 0 Å². The molecule has 0 heterocycles. The van der Waals surface area contributed by atoms with Crippen molar-refractivity contribution >= 4 is 40.8 Å². The first-order chi connectivity index (χ1) is 8.14. The normalized spacial score (nSPS) is 11.2. The highest BCUT2D eigenvalue weighted by Crippen LogP contribution is 2.34. The maximum atomic E-state index is 12.0. The molecule has 0 aromatic heterocycles. The van der Waals surface area contributed by atoms with E-state index in [1.807, 2.05) is 0 Å². The van der Waals surface area contributed by atoms with Crippen molar-refractivity contribution in [2.75, 3.05) is 5.32 Å². The minimum absolute atomic E-state index is 0.303. The lowest BCUT2D eigenvalue weighted by molar-refractivity contribution is -0.167. The van der Waals surface area contributed by atoms with Crippen molar-refractivity contribution in [3.05, 3.63) is 27.7 Å². The van der Waals surface area contributed by atoms with Gasteiger partial charge in [-0.05, 0) is 12.1 Å². The number of carbonyl (C=O) groups is 2. The van der Waals surface area contributed by atoms with Gasteiger partial charge in [-0.15, -0.1) is 0 Å². The fraction of sp³-hybridized carbons (Fsp3) is 0.111. The van der Waals surface area contributed by atoms with Crippen LogP contribution in [0.1, 0.15) is 10.4 Å². The molecule has 18 heavy (non-hydrogen) atoms. The van der Waals surface area contributed by atoms with E-state index in [0.29, 0.717) is 0 Å². The van der Waals surface area contributed by atoms with Crippen molar-refractivity contribution in [3.8, 4) is 0 Å². The second-order valence-electron chi connectivity index (χ2n) is 3.04. The minimum atomic E-state index is -5.13. The van der Waals surface area contributed by atoms with Crippen LogP contribution in [-0.2, 0) is 4.79 Å². The predicted octanol–water partition coefficient (Wildman–Crippen LogP) is 3.19. The van der Waals surface area contributed by atoms with Gasteiger partial charge >= 0.3 is 18.1 Å². The number of hydrogen-bond acceptors (Lipinski definition) is 2. The van der Waals surface area contributed by atoms with E-state index in [1.54, 1.807) is 0 Å². The molecule has 1 rings (SSSR count). The third-order valence-electron chi connectivity index (χ3n) is 1.82. The van der Waals surface area contributed by atoms with Gasteiger partial charge in [-0.2, -0.15) is 13.2 Å². The van der Waals surface area contributed by atoms with E-state index in [2.05, 4.69) is 0 Å². The zero-order valence-corrected chi connectivity index (χ0v) is 9.82. The van der Waals surface area contributed by atoms with Gasteiger partial charge in [0.1, 0.15) is 0 Å². The largest absolute Gasteiger partial charge is 0.478 e. The molecule has 0 radical (unpaired) electrons. The maximum Gasteiger partial charge on any atom is 0.471 e. The number of benzene rings is 1. The summed E-state index contributed by atoms with van der Waals surface area (Å²) in [5.41, 5.74) is -1.07. The first kappa shape index (κ1) is 14.6. The molecule has 1 amide bonds. The van der Waals surface area contributed by atoms with Gasteiger partial charge in [0.15, 0.2) is 0 Å². The molecule has 1 aromatic rings. The maximum absolute atomic E-state index is 12.0. The Bertz CT molecular complexity index is 517. The van der Waals surface area contributed by atoms with Crippen LogP contribution in [0.25, 0.3) is 0 Å². The van der Waals surface area contributed by atoms with Gasteiger partial charge in [-0.3, -0.25) is 4.79 Å². The first-order valence-electron chi connectivity index (χ1n) is 4.24. The highest BCUT2D eigenvalue weighted by Gasteiger charge is 2.39. The Hall–Kier alpha value is -1.47. The summed E-state index contributed by atoms with van der Waals surface area (Å²) in [7, 11) is 0. The van der Waals surface area contributed by atoms with Gasteiger partial charge < -0.3 is 10.4 Å². The molecule has 9 heteroatoms. The number of carboxylic acids is 1. The number of hydrogen-bond donors (Lipinski definition) is 2. The molecule has 4 nitrogen and oxygen atoms in total. The van der Waals surface area contributed by atoms with Crippen LogP contribution in [0.4, 0.5) is 18.9 Å². The van der Waals surface area contributed by atoms with Crippen LogP contribution in [0.5, 0.6) is 0 Å². The van der Waals surface area contributed by atoms with Crippen LogP contribution in [0.15, 0.2) is 12.1 Å². The van der Waals surface area contributed by atoms with E-state index in [9.17, 15) is 22.8 Å². The molecule has 0 bridgehead atoms. The fourth-order valence-corrected chi connectivity index (χ4v) is 1.56. The Morgan fingerprint density at radius 3 is 2.22 bits per heavy atom. The second kappa shape index (κ2) is 5.03. The fourth-order valence-electron chi connectivity index (χ4n) is 1.02. The summed E-state index contributed by atoms with van der Waals surface area (Å²) < 4.78 is 36.1. The molecule has 0 aliphatic carbocycles. The topological polar surface area (TPSA) is 66.4 Å². The molecule has 0 atom stereocenters. The van der Waals surface area contributed by atoms with Crippen LogP contribution < -0.4 is 5.32 Å². The lowest BCUT2D eigenvalue weighted by Gasteiger charge is -2.12. The number of carbonyl (C=O) groups excluding carboxylic acids is 1. The summed E-state index contributed by atoms with van der Waals surface area (Å²) in [6, 6.07) is 2.03. The third kappa shape index (κ3) is 3.05. The average Bonchev–Trinajstić information content (AvgIpc) is 2.21. The van der Waals surface area contributed by atoms with Crippen molar-refractivity contribution in [2.24, 2.45) is 0 Å². The number of amides is 1. The summed E-state index contributed by atoms with van der Waals surface area (Å²) >= 11 is 11.1. The predicted molar refractivity (Wildman–Crippen MR) is 58.1 cm³/mol. The summed E-state index contributed by atoms with van der Waals surface area (Å²) in [5.74, 6) is -3.76. The van der Waals surface area contributed by atoms with E-state index < -0.39 is 34.3 Å². The Labute approximate surface area is 108 Å². The lowest BCUT2D eigenvalue weighted by Crippen LogP contribution is -2.30. The quantitative estimate of drug-likeness (QED) is 0.881. The molecule has 98 valence electrons. The number of rotatable bonds is 2. The molecule has 2 N–H and O–H groups in total. The average molecular weight is 302 g/mol. The van der Waals surface area contributed by atoms with Gasteiger partial charge in [0.25, 0.3) is 0 Å². The summed E-state index contributed by atoms with van der Waals surface area (Å²) in [4.78, 5) is 21.4. The number of aromatic carboxylic acids is 1. The lowest BCUT2D eigenvalue weighted by atomic mass is 10.2. The Morgan fingerprint density at radius 1 is 1.22 bits per heavy atom. The summed E-state index contributed by atoms with van der Waals surface area (Å²) in [5, 5.41) is 9.26. The number of carboxylic acid groups (broad SMARTS) is 1. The van der Waals surface area contributed by atoms with Gasteiger partial charge in [0, 0.05) is 0 Å². The molecule has 0 aliphatic heterocycles. The van der Waals surface area contributed by atoms with Crippen LogP contribution in [-0.4, -0.2) is 23.2 Å². The summed E-state index contributed by atoms with van der Waals surface area (Å²) in [6.45, 7) is 0. The highest BCUT2D eigenvalue weighted by molar-refractivity contribution is 6.41. The van der Waals surface area contributed by atoms with Crippen LogP contribution >= 0.6 is 23.2 Å². The van der Waals surface area contributed by atoms with E-state index in [1.165, 1.54) is 5.32 Å². The molecule has 0 aliphatic rings. The SMILES string of the molecule is O=C(O)c1ccc(Cl)c(NC(=O)C(F)(F)F)c1Cl. The van der Waals surface area contributed by atoms with Gasteiger partial charge in [-0.1, -0.05) is 23.2 Å². The first-order valence-corrected chi connectivity index (χ1v) is 4.99. The summed E-state index contributed by atoms with van der Waals surface area (Å²) in [6.07, 6.45) is -5.13. The number of halogens is 5. The smallest absolute Gasteiger partial charge is 0.471 e. The van der Waals surface area contributed by atoms with Crippen LogP contribution in [0.2, 0.25) is 10.0 Å². The standard InChI is InChI=1S/C9H4Cl2F3NO3/c10-4-2-1-3(7(16)17)5(11)6(4)15-8(18)9(12,13)14/h1-2H,(H,15,18)(H,16,17). The van der Waals surface area contributed by atoms with E-state index in [4.69, 9.17) is 28.3 Å². The zero-order valence-electron chi connectivity index (χ0n) is 8.31. The molecular weight excluding hydrogens is 298 g/mol. The molecule has 0 spiro atoms. The van der Waals surface area contributed by atoms with Gasteiger partial charge in [0.05, 0.1) is 21.3 Å². The third-order valence-corrected chi connectivity index (χ3v) is 2.53. The number of nitrogens with one attached hydrogen (secondary N) is 1. The number of alkyl halides is 3. The Morgan fingerprint density at radius 2 is 1.78 bits per heavy atom. The monoisotopic (exact) mass is 301 g/mol. The minimum Gasteiger partial charge on any atom is -0.478 e. The number of anilines is 1. The molecular formula is C9H4Cl2F3NO3. The van der Waals surface area contributed by atoms with Crippen molar-refractivity contribution in [3.63, 3.8) is 0 Å². The Kier molecular flexibility index (Phi) is 4.08. The van der Waals surface area contributed by atoms with E-state index in [-0.39, 0.29) is 5.02 Å². The second-order valence-corrected chi connectivity index (χ2v) is 3.83. The van der Waals surface area contributed by atoms with E-state index >= 15 is 0 Å². The van der Waals surface area contributed by atoms with Crippen molar-refractivity contribution in [1.29, 1.82) is 0 Å². The molecule has 0 saturated heterocycles. The Balaban J connectivity index is 3.21. The van der Waals surface area contributed by atoms with Gasteiger partial charge in [-0.25, -0.2) is 4.79 Å². The molecule has 1 aromatic carbocycles. The van der Waals surface area contributed by atoms with Crippen LogP contribution in [0.3, 0.4) is 0 Å². The molecule has 0 saturated carbocycles. The van der Waals surface area contributed by atoms with Crippen molar-refractivity contribution < 1.29 is 27.9 Å². The van der Waals surface area contributed by atoms with Crippen molar-refractivity contribution in [2.45, 2.75) is 6.18 Å². The molecule has 0 fully saturated rings. The molecule has 0 unspecified atom stereocenters. The highest BCUT2D eigenvalue weighted by atomic mass is 35.5. The van der Waals surface area contributed by atoms with E-state index in [0.717, 1.165) is 12.1 Å². The van der Waals surface area contributed by atoms with Crippen molar-refractivity contribution in [1.82, 2.24) is 0 Å².